The summed E-state index contributed by atoms with van der Waals surface area (Å²) in [4.78, 5) is 15.7. The van der Waals surface area contributed by atoms with Gasteiger partial charge in [-0.15, -0.1) is 11.3 Å². The molecular weight excluding hydrogens is 264 g/mol. The van der Waals surface area contributed by atoms with E-state index in [0.29, 0.717) is 5.69 Å². The first-order chi connectivity index (χ1) is 9.29. The zero-order chi connectivity index (χ0) is 13.5. The van der Waals surface area contributed by atoms with Crippen LogP contribution in [-0.2, 0) is 11.3 Å². The van der Waals surface area contributed by atoms with Gasteiger partial charge in [0.05, 0.1) is 23.9 Å². The number of aliphatic hydroxyl groups excluding tert-OH is 1. The predicted octanol–water partition coefficient (Wildman–Crippen LogP) is 2.10. The Morgan fingerprint density at radius 1 is 1.42 bits per heavy atom. The minimum absolute atomic E-state index is 0.196. The molecule has 0 saturated heterocycles. The summed E-state index contributed by atoms with van der Waals surface area (Å²) in [6, 6.07) is 8.86. The molecule has 5 nitrogen and oxygen atoms in total. The Morgan fingerprint density at radius 3 is 2.84 bits per heavy atom. The van der Waals surface area contributed by atoms with Gasteiger partial charge in [-0.25, -0.2) is 9.78 Å². The van der Waals surface area contributed by atoms with Crippen LogP contribution in [0.5, 0.6) is 0 Å². The fourth-order valence-electron chi connectivity index (χ4n) is 1.51. The molecule has 0 aliphatic rings. The zero-order valence-electron chi connectivity index (χ0n) is 10.2. The third kappa shape index (κ3) is 4.04. The van der Waals surface area contributed by atoms with Gasteiger partial charge in [-0.3, -0.25) is 0 Å². The number of hydrogen-bond acceptors (Lipinski definition) is 5. The van der Waals surface area contributed by atoms with Crippen molar-refractivity contribution in [2.75, 3.05) is 6.61 Å². The third-order valence-electron chi connectivity index (χ3n) is 2.50. The number of nitrogens with one attached hydrogen (secondary N) is 1. The molecule has 0 fully saturated rings. The minimum atomic E-state index is -0.573. The molecule has 0 radical (unpaired) electrons. The summed E-state index contributed by atoms with van der Waals surface area (Å²) in [5.41, 5.74) is 3.19. The number of ether oxygens (including phenoxy) is 1. The summed E-state index contributed by atoms with van der Waals surface area (Å²) < 4.78 is 5.07. The molecular formula is C13H14N2O3S. The van der Waals surface area contributed by atoms with Crippen LogP contribution in [0.25, 0.3) is 0 Å². The van der Waals surface area contributed by atoms with E-state index in [0.717, 1.165) is 5.56 Å². The van der Waals surface area contributed by atoms with Crippen LogP contribution in [0.2, 0.25) is 0 Å². The van der Waals surface area contributed by atoms with Crippen molar-refractivity contribution in [2.24, 2.45) is 0 Å². The molecule has 2 aromatic rings. The van der Waals surface area contributed by atoms with Crippen LogP contribution in [-0.4, -0.2) is 22.8 Å². The smallest absolute Gasteiger partial charge is 0.408 e. The highest BCUT2D eigenvalue weighted by Crippen LogP contribution is 2.12. The topological polar surface area (TPSA) is 71.5 Å². The van der Waals surface area contributed by atoms with Crippen molar-refractivity contribution in [3.63, 3.8) is 0 Å². The van der Waals surface area contributed by atoms with E-state index in [9.17, 15) is 9.90 Å². The first-order valence-electron chi connectivity index (χ1n) is 5.75. The lowest BCUT2D eigenvalue weighted by molar-refractivity contribution is 0.129. The first kappa shape index (κ1) is 13.5. The van der Waals surface area contributed by atoms with E-state index >= 15 is 0 Å². The van der Waals surface area contributed by atoms with Crippen molar-refractivity contribution in [3.05, 3.63) is 52.5 Å². The van der Waals surface area contributed by atoms with Gasteiger partial charge in [0.1, 0.15) is 6.61 Å². The van der Waals surface area contributed by atoms with E-state index in [1.807, 2.05) is 30.3 Å². The molecule has 1 amide bonds. The quantitative estimate of drug-likeness (QED) is 0.878. The number of nitrogens with zero attached hydrogens (tertiary/aromatic N) is 1. The van der Waals surface area contributed by atoms with Crippen LogP contribution in [0, 0.1) is 0 Å². The molecule has 6 heteroatoms. The third-order valence-corrected chi connectivity index (χ3v) is 3.10. The number of aromatic nitrogens is 1. The summed E-state index contributed by atoms with van der Waals surface area (Å²) >= 11 is 1.41. The Kier molecular flexibility index (Phi) is 4.88. The van der Waals surface area contributed by atoms with E-state index in [2.05, 4.69) is 10.3 Å². The number of alkyl carbamates (subject to hydrolysis) is 1. The summed E-state index contributed by atoms with van der Waals surface area (Å²) in [7, 11) is 0. The number of amides is 1. The SMILES string of the molecule is O=C(NC(CO)c1cscn1)OCc1ccccc1. The highest BCUT2D eigenvalue weighted by molar-refractivity contribution is 7.07. The Morgan fingerprint density at radius 2 is 2.21 bits per heavy atom. The highest BCUT2D eigenvalue weighted by Gasteiger charge is 2.16. The van der Waals surface area contributed by atoms with Crippen LogP contribution in [0.15, 0.2) is 41.2 Å². The van der Waals surface area contributed by atoms with Gasteiger partial charge < -0.3 is 15.2 Å². The van der Waals surface area contributed by atoms with Crippen LogP contribution in [0.4, 0.5) is 4.79 Å². The first-order valence-corrected chi connectivity index (χ1v) is 6.70. The van der Waals surface area contributed by atoms with Gasteiger partial charge >= 0.3 is 6.09 Å². The van der Waals surface area contributed by atoms with Crippen molar-refractivity contribution in [2.45, 2.75) is 12.6 Å². The maximum absolute atomic E-state index is 11.6. The number of aliphatic hydroxyl groups is 1. The van der Waals surface area contributed by atoms with E-state index < -0.39 is 12.1 Å². The number of carbonyl (C=O) groups is 1. The van der Waals surface area contributed by atoms with Gasteiger partial charge in [-0.2, -0.15) is 0 Å². The number of carbonyl (C=O) groups excluding carboxylic acids is 1. The molecule has 2 rings (SSSR count). The maximum atomic E-state index is 11.6. The molecule has 19 heavy (non-hydrogen) atoms. The molecule has 100 valence electrons. The van der Waals surface area contributed by atoms with Crippen molar-refractivity contribution in [1.82, 2.24) is 10.3 Å². The van der Waals surface area contributed by atoms with Crippen LogP contribution in [0.3, 0.4) is 0 Å². The molecule has 1 unspecified atom stereocenters. The molecule has 1 aromatic heterocycles. The van der Waals surface area contributed by atoms with Crippen molar-refractivity contribution >= 4 is 17.4 Å². The van der Waals surface area contributed by atoms with E-state index in [4.69, 9.17) is 4.74 Å². The second kappa shape index (κ2) is 6.86. The Hall–Kier alpha value is -1.92. The molecule has 0 aliphatic carbocycles. The van der Waals surface area contributed by atoms with Crippen LogP contribution >= 0.6 is 11.3 Å². The summed E-state index contributed by atoms with van der Waals surface area (Å²) in [6.07, 6.45) is -0.573. The molecule has 1 atom stereocenters. The van der Waals surface area contributed by atoms with Crippen LogP contribution < -0.4 is 5.32 Å². The average molecular weight is 278 g/mol. The van der Waals surface area contributed by atoms with Gasteiger partial charge in [-0.05, 0) is 5.56 Å². The van der Waals surface area contributed by atoms with Gasteiger partial charge in [0.25, 0.3) is 0 Å². The lowest BCUT2D eigenvalue weighted by atomic mass is 10.2. The second-order valence-electron chi connectivity index (χ2n) is 3.85. The molecule has 0 saturated carbocycles. The summed E-state index contributed by atoms with van der Waals surface area (Å²) in [5.74, 6) is 0. The second-order valence-corrected chi connectivity index (χ2v) is 4.57. The van der Waals surface area contributed by atoms with Crippen molar-refractivity contribution in [3.8, 4) is 0 Å². The fourth-order valence-corrected chi connectivity index (χ4v) is 2.12. The van der Waals surface area contributed by atoms with E-state index in [-0.39, 0.29) is 13.2 Å². The minimum Gasteiger partial charge on any atom is -0.445 e. The lowest BCUT2D eigenvalue weighted by Gasteiger charge is -2.14. The maximum Gasteiger partial charge on any atom is 0.408 e. The lowest BCUT2D eigenvalue weighted by Crippen LogP contribution is -2.31. The molecule has 1 aromatic carbocycles. The monoisotopic (exact) mass is 278 g/mol. The Balaban J connectivity index is 1.84. The molecule has 0 aliphatic heterocycles. The Bertz CT molecular complexity index is 502. The highest BCUT2D eigenvalue weighted by atomic mass is 32.1. The number of thiazole rings is 1. The summed E-state index contributed by atoms with van der Waals surface area (Å²) in [5, 5.41) is 13.6. The van der Waals surface area contributed by atoms with Crippen LogP contribution in [0.1, 0.15) is 17.3 Å². The van der Waals surface area contributed by atoms with Gasteiger partial charge in [0, 0.05) is 5.38 Å². The largest absolute Gasteiger partial charge is 0.445 e. The standard InChI is InChI=1S/C13H14N2O3S/c16-6-11(12-8-19-9-14-12)15-13(17)18-7-10-4-2-1-3-5-10/h1-5,8-9,11,16H,6-7H2,(H,15,17). The molecule has 2 N–H and O–H groups in total. The van der Waals surface area contributed by atoms with Gasteiger partial charge in [-0.1, -0.05) is 30.3 Å². The molecule has 1 heterocycles. The van der Waals surface area contributed by atoms with Gasteiger partial charge in [0.15, 0.2) is 0 Å². The van der Waals surface area contributed by atoms with E-state index in [1.165, 1.54) is 11.3 Å². The fraction of sp³-hybridized carbons (Fsp3) is 0.231. The van der Waals surface area contributed by atoms with E-state index in [1.54, 1.807) is 10.9 Å². The number of hydrogen-bond donors (Lipinski definition) is 2. The number of benzene rings is 1. The molecule has 0 spiro atoms. The predicted molar refractivity (Wildman–Crippen MR) is 71.7 cm³/mol. The Labute approximate surface area is 114 Å². The number of rotatable bonds is 5. The summed E-state index contributed by atoms with van der Waals surface area (Å²) in [6.45, 7) is -0.0218. The average Bonchev–Trinajstić information content (AvgIpc) is 2.97. The normalized spacial score (nSPS) is 11.8. The zero-order valence-corrected chi connectivity index (χ0v) is 11.0. The van der Waals surface area contributed by atoms with Crippen molar-refractivity contribution < 1.29 is 14.6 Å². The van der Waals surface area contributed by atoms with Crippen molar-refractivity contribution in [1.29, 1.82) is 0 Å². The van der Waals surface area contributed by atoms with Gasteiger partial charge in [0.2, 0.25) is 0 Å². The molecule has 0 bridgehead atoms.